The average Bonchev–Trinajstić information content (AvgIpc) is 2.96. The minimum Gasteiger partial charge on any atom is -0.399 e. The smallest absolute Gasteiger partial charge is 0.243 e. The molecule has 5 nitrogen and oxygen atoms in total. The second-order valence-electron chi connectivity index (χ2n) is 6.82. The van der Waals surface area contributed by atoms with Gasteiger partial charge < -0.3 is 16.0 Å². The Kier molecular flexibility index (Phi) is 5.57. The summed E-state index contributed by atoms with van der Waals surface area (Å²) in [4.78, 5) is 26.5. The molecule has 1 unspecified atom stereocenters. The number of thioether (sulfide) groups is 1. The number of nitrogens with two attached hydrogens (primary N) is 1. The van der Waals surface area contributed by atoms with Crippen LogP contribution in [0.1, 0.15) is 26.3 Å². The molecule has 3 N–H and O–H groups in total. The molecule has 0 aromatic heterocycles. The normalized spacial score (nSPS) is 18.0. The zero-order valence-electron chi connectivity index (χ0n) is 14.0. The van der Waals surface area contributed by atoms with E-state index >= 15 is 0 Å². The van der Waals surface area contributed by atoms with Gasteiger partial charge in [-0.05, 0) is 24.1 Å². The van der Waals surface area contributed by atoms with Gasteiger partial charge in [-0.1, -0.05) is 32.9 Å². The predicted molar refractivity (Wildman–Crippen MR) is 95.0 cm³/mol. The summed E-state index contributed by atoms with van der Waals surface area (Å²) in [5.41, 5.74) is 7.05. The van der Waals surface area contributed by atoms with Crippen molar-refractivity contribution < 1.29 is 9.59 Å². The van der Waals surface area contributed by atoms with Crippen molar-refractivity contribution in [2.45, 2.75) is 33.2 Å². The molecular formula is C17H25N3O2S. The van der Waals surface area contributed by atoms with Crippen LogP contribution in [0.3, 0.4) is 0 Å². The zero-order valence-corrected chi connectivity index (χ0v) is 14.8. The van der Waals surface area contributed by atoms with Crippen molar-refractivity contribution in [2.24, 2.45) is 5.41 Å². The molecule has 0 aliphatic carbocycles. The van der Waals surface area contributed by atoms with Gasteiger partial charge in [0.05, 0.1) is 5.88 Å². The van der Waals surface area contributed by atoms with Crippen molar-refractivity contribution in [1.29, 1.82) is 0 Å². The summed E-state index contributed by atoms with van der Waals surface area (Å²) in [6, 6.07) is 7.27. The molecule has 6 heteroatoms. The van der Waals surface area contributed by atoms with Crippen molar-refractivity contribution in [1.82, 2.24) is 10.2 Å². The Bertz CT molecular complexity index is 566. The largest absolute Gasteiger partial charge is 0.399 e. The van der Waals surface area contributed by atoms with Gasteiger partial charge >= 0.3 is 0 Å². The summed E-state index contributed by atoms with van der Waals surface area (Å²) in [6.07, 6.45) is 0.749. The fourth-order valence-corrected chi connectivity index (χ4v) is 3.58. The summed E-state index contributed by atoms with van der Waals surface area (Å²) in [7, 11) is 0. The van der Waals surface area contributed by atoms with Gasteiger partial charge in [0.2, 0.25) is 11.8 Å². The number of nitrogens with zero attached hydrogens (tertiary/aromatic N) is 1. The van der Waals surface area contributed by atoms with Crippen LogP contribution in [0.15, 0.2) is 24.3 Å². The third-order valence-electron chi connectivity index (χ3n) is 3.78. The number of benzene rings is 1. The van der Waals surface area contributed by atoms with Gasteiger partial charge in [-0.25, -0.2) is 0 Å². The Morgan fingerprint density at radius 1 is 1.30 bits per heavy atom. The van der Waals surface area contributed by atoms with Crippen LogP contribution in [0.4, 0.5) is 5.69 Å². The summed E-state index contributed by atoms with van der Waals surface area (Å²) in [5, 5.41) is 2.95. The van der Waals surface area contributed by atoms with E-state index in [4.69, 9.17) is 5.73 Å². The average molecular weight is 335 g/mol. The van der Waals surface area contributed by atoms with E-state index in [0.29, 0.717) is 18.2 Å². The molecule has 1 aliphatic rings. The van der Waals surface area contributed by atoms with E-state index in [0.717, 1.165) is 17.7 Å². The van der Waals surface area contributed by atoms with E-state index in [-0.39, 0.29) is 17.9 Å². The van der Waals surface area contributed by atoms with E-state index in [1.807, 2.05) is 45.0 Å². The summed E-state index contributed by atoms with van der Waals surface area (Å²) in [5.74, 6) is 1.21. The van der Waals surface area contributed by atoms with E-state index < -0.39 is 5.41 Å². The van der Waals surface area contributed by atoms with E-state index in [1.165, 1.54) is 0 Å². The lowest BCUT2D eigenvalue weighted by molar-refractivity contribution is -0.144. The van der Waals surface area contributed by atoms with Gasteiger partial charge in [0.15, 0.2) is 0 Å². The minimum atomic E-state index is -0.465. The standard InChI is InChI=1S/C17H25N3O2S/c1-17(2,3)16(22)20-11-23-10-14(20)15(21)19-9-8-12-4-6-13(18)7-5-12/h4-7,14H,8-11,18H2,1-3H3,(H,19,21). The lowest BCUT2D eigenvalue weighted by Crippen LogP contribution is -2.50. The van der Waals surface area contributed by atoms with Crippen LogP contribution in [-0.4, -0.2) is 40.9 Å². The Morgan fingerprint density at radius 3 is 2.57 bits per heavy atom. The van der Waals surface area contributed by atoms with Gasteiger partial charge in [-0.2, -0.15) is 0 Å². The van der Waals surface area contributed by atoms with Gasteiger partial charge in [-0.3, -0.25) is 9.59 Å². The fourth-order valence-electron chi connectivity index (χ4n) is 2.42. The zero-order chi connectivity index (χ0) is 17.0. The van der Waals surface area contributed by atoms with Crippen LogP contribution < -0.4 is 11.1 Å². The van der Waals surface area contributed by atoms with Gasteiger partial charge in [0, 0.05) is 23.4 Å². The van der Waals surface area contributed by atoms with Crippen molar-refractivity contribution in [2.75, 3.05) is 23.9 Å². The highest BCUT2D eigenvalue weighted by molar-refractivity contribution is 7.99. The lowest BCUT2D eigenvalue weighted by atomic mass is 9.94. The molecule has 1 saturated heterocycles. The summed E-state index contributed by atoms with van der Waals surface area (Å²) in [6.45, 7) is 6.21. The van der Waals surface area contributed by atoms with Crippen LogP contribution in [0.5, 0.6) is 0 Å². The molecule has 126 valence electrons. The highest BCUT2D eigenvalue weighted by Crippen LogP contribution is 2.27. The molecule has 2 amide bonds. The number of carbonyl (C=O) groups excluding carboxylic acids is 2. The molecule has 23 heavy (non-hydrogen) atoms. The van der Waals surface area contributed by atoms with Crippen molar-refractivity contribution in [3.05, 3.63) is 29.8 Å². The number of anilines is 1. The Balaban J connectivity index is 1.87. The van der Waals surface area contributed by atoms with Crippen LogP contribution in [0.25, 0.3) is 0 Å². The number of carbonyl (C=O) groups is 2. The van der Waals surface area contributed by atoms with Crippen LogP contribution in [0, 0.1) is 5.41 Å². The number of hydrogen-bond acceptors (Lipinski definition) is 4. The maximum atomic E-state index is 12.4. The first-order chi connectivity index (χ1) is 10.8. The van der Waals surface area contributed by atoms with Gasteiger partial charge in [0.25, 0.3) is 0 Å². The van der Waals surface area contributed by atoms with Crippen LogP contribution >= 0.6 is 11.8 Å². The second-order valence-corrected chi connectivity index (χ2v) is 7.82. The molecule has 1 atom stereocenters. The topological polar surface area (TPSA) is 75.4 Å². The first-order valence-corrected chi connectivity index (χ1v) is 8.95. The Hall–Kier alpha value is -1.69. The molecule has 0 bridgehead atoms. The maximum Gasteiger partial charge on any atom is 0.243 e. The molecule has 1 heterocycles. The Labute approximate surface area is 142 Å². The molecule has 1 aromatic carbocycles. The van der Waals surface area contributed by atoms with E-state index in [9.17, 15) is 9.59 Å². The quantitative estimate of drug-likeness (QED) is 0.824. The third-order valence-corrected chi connectivity index (χ3v) is 4.79. The number of nitrogen functional groups attached to an aromatic ring is 1. The first-order valence-electron chi connectivity index (χ1n) is 7.80. The van der Waals surface area contributed by atoms with Crippen LogP contribution in [0.2, 0.25) is 0 Å². The summed E-state index contributed by atoms with van der Waals surface area (Å²) >= 11 is 1.62. The number of hydrogen-bond donors (Lipinski definition) is 2. The van der Waals surface area contributed by atoms with Crippen molar-refractivity contribution in [3.63, 3.8) is 0 Å². The van der Waals surface area contributed by atoms with Gasteiger partial charge in [0.1, 0.15) is 6.04 Å². The fraction of sp³-hybridized carbons (Fsp3) is 0.529. The highest BCUT2D eigenvalue weighted by Gasteiger charge is 2.38. The second kappa shape index (κ2) is 7.25. The molecule has 1 fully saturated rings. The number of nitrogens with one attached hydrogen (secondary N) is 1. The lowest BCUT2D eigenvalue weighted by Gasteiger charge is -2.29. The molecule has 1 aliphatic heterocycles. The monoisotopic (exact) mass is 335 g/mol. The third kappa shape index (κ3) is 4.64. The number of rotatable bonds is 4. The van der Waals surface area contributed by atoms with Gasteiger partial charge in [-0.15, -0.1) is 11.8 Å². The minimum absolute atomic E-state index is 0.0289. The highest BCUT2D eigenvalue weighted by atomic mass is 32.2. The molecule has 2 rings (SSSR count). The molecule has 1 aromatic rings. The van der Waals surface area contributed by atoms with Crippen molar-refractivity contribution in [3.8, 4) is 0 Å². The van der Waals surface area contributed by atoms with Crippen molar-refractivity contribution >= 4 is 29.3 Å². The summed E-state index contributed by atoms with van der Waals surface area (Å²) < 4.78 is 0. The van der Waals surface area contributed by atoms with E-state index in [2.05, 4.69) is 5.32 Å². The SMILES string of the molecule is CC(C)(C)C(=O)N1CSCC1C(=O)NCCc1ccc(N)cc1. The Morgan fingerprint density at radius 2 is 1.96 bits per heavy atom. The molecule has 0 spiro atoms. The molecule has 0 radical (unpaired) electrons. The molecular weight excluding hydrogens is 310 g/mol. The maximum absolute atomic E-state index is 12.4. The number of amides is 2. The first kappa shape index (κ1) is 17.7. The predicted octanol–water partition coefficient (Wildman–Crippen LogP) is 1.88. The molecule has 0 saturated carbocycles. The van der Waals surface area contributed by atoms with E-state index in [1.54, 1.807) is 16.7 Å². The van der Waals surface area contributed by atoms with Crippen LogP contribution in [-0.2, 0) is 16.0 Å².